The third-order valence-corrected chi connectivity index (χ3v) is 3.18. The first-order chi connectivity index (χ1) is 6.74. The van der Waals surface area contributed by atoms with E-state index in [1.807, 2.05) is 0 Å². The molecule has 0 aromatic rings. The zero-order valence-electron chi connectivity index (χ0n) is 8.10. The van der Waals surface area contributed by atoms with Crippen LogP contribution in [0.3, 0.4) is 0 Å². The fourth-order valence-corrected chi connectivity index (χ4v) is 1.78. The van der Waals surface area contributed by atoms with Crippen LogP contribution in [0, 0.1) is 0 Å². The van der Waals surface area contributed by atoms with Crippen molar-refractivity contribution < 1.29 is 17.8 Å². The maximum atomic E-state index is 11.0. The lowest BCUT2D eigenvalue weighted by Crippen LogP contribution is -2.47. The van der Waals surface area contributed by atoms with Crippen LogP contribution in [-0.4, -0.2) is 23.7 Å². The zero-order chi connectivity index (χ0) is 11.7. The maximum Gasteiger partial charge on any atom is 0.287 e. The molecule has 0 spiro atoms. The van der Waals surface area contributed by atoms with E-state index < -0.39 is 15.0 Å². The number of hydrogen-bond donors (Lipinski definition) is 3. The van der Waals surface area contributed by atoms with Crippen molar-refractivity contribution in [2.75, 3.05) is 0 Å². The van der Waals surface area contributed by atoms with Crippen molar-refractivity contribution in [1.29, 1.82) is 0 Å². The molecule has 84 valence electrons. The molecule has 0 saturated carbocycles. The lowest BCUT2D eigenvalue weighted by molar-refractivity contribution is -0.118. The average molecular weight is 232 g/mol. The van der Waals surface area contributed by atoms with Gasteiger partial charge in [0, 0.05) is 19.0 Å². The summed E-state index contributed by atoms with van der Waals surface area (Å²) in [7, 11) is -4.40. The lowest BCUT2D eigenvalue weighted by Gasteiger charge is -2.24. The van der Waals surface area contributed by atoms with E-state index >= 15 is 0 Å². The molecule has 1 aliphatic carbocycles. The first kappa shape index (κ1) is 11.9. The number of nitrogens with two attached hydrogens (primary N) is 1. The quantitative estimate of drug-likeness (QED) is 0.556. The van der Waals surface area contributed by atoms with Crippen LogP contribution in [0.1, 0.15) is 13.3 Å². The Morgan fingerprint density at radius 2 is 2.27 bits per heavy atom. The summed E-state index contributed by atoms with van der Waals surface area (Å²) in [6.45, 7) is 1.29. The van der Waals surface area contributed by atoms with Gasteiger partial charge >= 0.3 is 0 Å². The number of hydrogen-bond acceptors (Lipinski definition) is 4. The van der Waals surface area contributed by atoms with Crippen LogP contribution in [-0.2, 0) is 14.9 Å². The molecule has 0 fully saturated rings. The Morgan fingerprint density at radius 3 is 2.73 bits per heavy atom. The predicted molar refractivity (Wildman–Crippen MR) is 54.1 cm³/mol. The van der Waals surface area contributed by atoms with Gasteiger partial charge in [-0.3, -0.25) is 9.35 Å². The van der Waals surface area contributed by atoms with Gasteiger partial charge in [0.1, 0.15) is 0 Å². The van der Waals surface area contributed by atoms with Gasteiger partial charge in [-0.2, -0.15) is 8.42 Å². The number of carbonyl (C=O) groups excluding carboxylic acids is 1. The molecule has 0 aliphatic heterocycles. The van der Waals surface area contributed by atoms with E-state index in [1.165, 1.54) is 19.1 Å². The largest absolute Gasteiger partial charge is 0.327 e. The molecule has 1 amide bonds. The normalized spacial score (nSPS) is 25.9. The minimum absolute atomic E-state index is 0.0328. The number of allylic oxidation sites excluding steroid dienone is 1. The summed E-state index contributed by atoms with van der Waals surface area (Å²) in [6, 6.07) is 0. The van der Waals surface area contributed by atoms with Crippen LogP contribution < -0.4 is 11.1 Å². The SMILES string of the molecule is CC(=O)NC1=CC(N)(S(=O)(=O)O)CC=C1. The molecular weight excluding hydrogens is 220 g/mol. The monoisotopic (exact) mass is 232 g/mol. The highest BCUT2D eigenvalue weighted by Gasteiger charge is 2.37. The average Bonchev–Trinajstić information content (AvgIpc) is 2.00. The smallest absolute Gasteiger partial charge is 0.287 e. The number of amides is 1. The Labute approximate surface area is 87.6 Å². The summed E-state index contributed by atoms with van der Waals surface area (Å²) in [4.78, 5) is 8.87. The van der Waals surface area contributed by atoms with Gasteiger partial charge in [0.25, 0.3) is 10.1 Å². The minimum atomic E-state index is -4.40. The topological polar surface area (TPSA) is 109 Å². The first-order valence-corrected chi connectivity index (χ1v) is 5.61. The first-order valence-electron chi connectivity index (χ1n) is 4.17. The molecule has 0 aromatic carbocycles. The van der Waals surface area contributed by atoms with Gasteiger partial charge in [-0.25, -0.2) is 0 Å². The molecule has 6 nitrogen and oxygen atoms in total. The zero-order valence-corrected chi connectivity index (χ0v) is 8.91. The van der Waals surface area contributed by atoms with Crippen molar-refractivity contribution in [2.45, 2.75) is 18.2 Å². The molecule has 1 aliphatic rings. The van der Waals surface area contributed by atoms with E-state index in [1.54, 1.807) is 0 Å². The molecule has 0 aromatic heterocycles. The highest BCUT2D eigenvalue weighted by molar-refractivity contribution is 7.87. The second kappa shape index (κ2) is 3.76. The summed E-state index contributed by atoms with van der Waals surface area (Å²) in [6.07, 6.45) is 4.08. The molecule has 0 heterocycles. The molecule has 4 N–H and O–H groups in total. The van der Waals surface area contributed by atoms with Crippen LogP contribution in [0.15, 0.2) is 23.9 Å². The van der Waals surface area contributed by atoms with Gasteiger partial charge in [0.05, 0.1) is 0 Å². The predicted octanol–water partition coefficient (Wildman–Crippen LogP) is -0.491. The third-order valence-electron chi connectivity index (χ3n) is 1.93. The Morgan fingerprint density at radius 1 is 1.67 bits per heavy atom. The van der Waals surface area contributed by atoms with E-state index in [2.05, 4.69) is 5.32 Å². The fourth-order valence-electron chi connectivity index (χ4n) is 1.20. The van der Waals surface area contributed by atoms with Crippen molar-refractivity contribution >= 4 is 16.0 Å². The second-order valence-electron chi connectivity index (χ2n) is 3.32. The highest BCUT2D eigenvalue weighted by Crippen LogP contribution is 2.22. The minimum Gasteiger partial charge on any atom is -0.327 e. The molecule has 1 rings (SSSR count). The van der Waals surface area contributed by atoms with E-state index in [0.717, 1.165) is 6.08 Å². The summed E-state index contributed by atoms with van der Waals surface area (Å²) in [5.41, 5.74) is 5.74. The molecular formula is C8H12N2O4S. The van der Waals surface area contributed by atoms with Crippen LogP contribution >= 0.6 is 0 Å². The summed E-state index contributed by atoms with van der Waals surface area (Å²) < 4.78 is 30.9. The van der Waals surface area contributed by atoms with Crippen LogP contribution in [0.5, 0.6) is 0 Å². The third kappa shape index (κ3) is 2.65. The fraction of sp³-hybridized carbons (Fsp3) is 0.375. The summed E-state index contributed by atoms with van der Waals surface area (Å²) >= 11 is 0. The second-order valence-corrected chi connectivity index (χ2v) is 5.03. The number of carbonyl (C=O) groups is 1. The molecule has 0 bridgehead atoms. The van der Waals surface area contributed by atoms with Gasteiger partial charge in [-0.1, -0.05) is 6.08 Å². The highest BCUT2D eigenvalue weighted by atomic mass is 32.2. The molecule has 0 saturated heterocycles. The number of nitrogens with one attached hydrogen (secondary N) is 1. The molecule has 1 unspecified atom stereocenters. The summed E-state index contributed by atoms with van der Waals surface area (Å²) in [5, 5.41) is 2.39. The van der Waals surface area contributed by atoms with Gasteiger partial charge < -0.3 is 11.1 Å². The maximum absolute atomic E-state index is 11.0. The van der Waals surface area contributed by atoms with Crippen molar-refractivity contribution in [3.8, 4) is 0 Å². The Balaban J connectivity index is 3.04. The van der Waals surface area contributed by atoms with Crippen molar-refractivity contribution in [1.82, 2.24) is 5.32 Å². The van der Waals surface area contributed by atoms with Crippen molar-refractivity contribution in [3.05, 3.63) is 23.9 Å². The molecule has 0 radical (unpaired) electrons. The van der Waals surface area contributed by atoms with E-state index in [0.29, 0.717) is 0 Å². The van der Waals surface area contributed by atoms with Crippen molar-refractivity contribution in [3.63, 3.8) is 0 Å². The van der Waals surface area contributed by atoms with Crippen molar-refractivity contribution in [2.24, 2.45) is 5.73 Å². The van der Waals surface area contributed by atoms with E-state index in [9.17, 15) is 13.2 Å². The molecule has 15 heavy (non-hydrogen) atoms. The Kier molecular flexibility index (Phi) is 2.98. The van der Waals surface area contributed by atoms with Gasteiger partial charge in [-0.15, -0.1) is 0 Å². The van der Waals surface area contributed by atoms with Crippen LogP contribution in [0.25, 0.3) is 0 Å². The Bertz CT molecular complexity index is 438. The summed E-state index contributed by atoms with van der Waals surface area (Å²) in [5.74, 6) is -0.342. The molecule has 1 atom stereocenters. The molecule has 7 heteroatoms. The van der Waals surface area contributed by atoms with Crippen LogP contribution in [0.2, 0.25) is 0 Å². The standard InChI is InChI=1S/C8H12N2O4S/c1-6(11)10-7-3-2-4-8(9,5-7)15(12,13)14/h2-3,5H,4,9H2,1H3,(H,10,11)(H,12,13,14). The van der Waals surface area contributed by atoms with Crippen LogP contribution in [0.4, 0.5) is 0 Å². The van der Waals surface area contributed by atoms with E-state index in [-0.39, 0.29) is 18.0 Å². The van der Waals surface area contributed by atoms with E-state index in [4.69, 9.17) is 10.3 Å². The Hall–Kier alpha value is -1.18. The lowest BCUT2D eigenvalue weighted by atomic mass is 10.1. The van der Waals surface area contributed by atoms with Gasteiger partial charge in [-0.05, 0) is 12.2 Å². The number of rotatable bonds is 2. The van der Waals surface area contributed by atoms with Gasteiger partial charge in [0.15, 0.2) is 4.87 Å². The van der Waals surface area contributed by atoms with Gasteiger partial charge in [0.2, 0.25) is 5.91 Å².